The maximum Gasteiger partial charge on any atom is 0.121 e. The highest BCUT2D eigenvalue weighted by Gasteiger charge is 1.94. The zero-order chi connectivity index (χ0) is 15.4. The monoisotopic (exact) mass is 295 g/mol. The van der Waals surface area contributed by atoms with Crippen LogP contribution in [-0.2, 0) is 4.74 Å². The molecule has 0 aromatic carbocycles. The average Bonchev–Trinajstić information content (AvgIpc) is 2.50. The molecule has 1 nitrogen and oxygen atoms in total. The third-order valence-electron chi connectivity index (χ3n) is 4.17. The summed E-state index contributed by atoms with van der Waals surface area (Å²) in [5.74, 6) is 0. The third kappa shape index (κ3) is 19.5. The van der Waals surface area contributed by atoms with E-state index in [1.165, 1.54) is 96.3 Å². The Kier molecular flexibility index (Phi) is 19.1. The minimum atomic E-state index is 1.13. The van der Waals surface area contributed by atoms with E-state index in [4.69, 9.17) is 0 Å². The molecule has 0 fully saturated rings. The molecule has 0 bridgehead atoms. The van der Waals surface area contributed by atoms with Crippen LogP contribution < -0.4 is 0 Å². The summed E-state index contributed by atoms with van der Waals surface area (Å²) in [6.45, 7) is 2.29. The minimum absolute atomic E-state index is 1.13. The molecule has 0 N–H and O–H groups in total. The quantitative estimate of drug-likeness (QED) is 0.198. The molecule has 125 valence electrons. The van der Waals surface area contributed by atoms with E-state index in [1.807, 2.05) is 0 Å². The molecule has 0 rings (SSSR count). The second-order valence-electron chi connectivity index (χ2n) is 6.28. The van der Waals surface area contributed by atoms with Gasteiger partial charge in [0.1, 0.15) is 7.11 Å². The first-order valence-corrected chi connectivity index (χ1v) is 9.47. The molecule has 0 atom stereocenters. The van der Waals surface area contributed by atoms with Gasteiger partial charge in [-0.15, -0.1) is 0 Å². The Morgan fingerprint density at radius 2 is 1.00 bits per heavy atom. The number of rotatable bonds is 17. The van der Waals surface area contributed by atoms with Crippen LogP contribution in [0.2, 0.25) is 0 Å². The Labute approximate surface area is 134 Å². The largest absolute Gasteiger partial charge is 0.498 e. The van der Waals surface area contributed by atoms with E-state index in [9.17, 15) is 0 Å². The van der Waals surface area contributed by atoms with E-state index in [0.717, 1.165) is 6.42 Å². The summed E-state index contributed by atoms with van der Waals surface area (Å²) < 4.78 is 4.64. The van der Waals surface area contributed by atoms with Crippen molar-refractivity contribution in [1.29, 1.82) is 0 Å². The molecule has 0 aliphatic heterocycles. The Morgan fingerprint density at radius 3 is 1.38 bits per heavy atom. The summed E-state index contributed by atoms with van der Waals surface area (Å²) in [6, 6.07) is 0. The van der Waals surface area contributed by atoms with Gasteiger partial charge in [-0.1, -0.05) is 96.8 Å². The molecule has 0 aliphatic carbocycles. The first-order valence-electron chi connectivity index (χ1n) is 9.47. The zero-order valence-corrected chi connectivity index (χ0v) is 14.6. The highest BCUT2D eigenvalue weighted by atomic mass is 16.5. The summed E-state index contributed by atoms with van der Waals surface area (Å²) >= 11 is 0. The van der Waals surface area contributed by atoms with Crippen LogP contribution in [0.5, 0.6) is 0 Å². The smallest absolute Gasteiger partial charge is 0.121 e. The molecule has 0 saturated heterocycles. The van der Waals surface area contributed by atoms with E-state index < -0.39 is 0 Å². The Bertz CT molecular complexity index is 198. The van der Waals surface area contributed by atoms with Crippen molar-refractivity contribution >= 4 is 0 Å². The number of hydrogen-bond donors (Lipinski definition) is 0. The van der Waals surface area contributed by atoms with E-state index in [1.54, 1.807) is 6.26 Å². The molecule has 0 spiro atoms. The van der Waals surface area contributed by atoms with E-state index in [2.05, 4.69) is 24.8 Å². The van der Waals surface area contributed by atoms with Gasteiger partial charge in [0.2, 0.25) is 0 Å². The normalized spacial score (nSPS) is 11.3. The molecule has 0 amide bonds. The molecular weight excluding hydrogens is 256 g/mol. The van der Waals surface area contributed by atoms with Crippen molar-refractivity contribution in [2.24, 2.45) is 0 Å². The lowest BCUT2D eigenvalue weighted by atomic mass is 10.0. The lowest BCUT2D eigenvalue weighted by Gasteiger charge is -2.03. The van der Waals surface area contributed by atoms with Gasteiger partial charge >= 0.3 is 0 Å². The molecule has 1 heteroatoms. The molecular formula is C20H39O. The fourth-order valence-electron chi connectivity index (χ4n) is 2.77. The Balaban J connectivity index is 2.95. The molecule has 0 aromatic heterocycles. The van der Waals surface area contributed by atoms with Crippen molar-refractivity contribution in [2.75, 3.05) is 0 Å². The number of hydrogen-bond acceptors (Lipinski definition) is 1. The fourth-order valence-corrected chi connectivity index (χ4v) is 2.77. The second-order valence-corrected chi connectivity index (χ2v) is 6.28. The van der Waals surface area contributed by atoms with Crippen LogP contribution in [0.3, 0.4) is 0 Å². The molecule has 0 aromatic rings. The van der Waals surface area contributed by atoms with Crippen molar-refractivity contribution in [3.05, 3.63) is 19.4 Å². The minimum Gasteiger partial charge on any atom is -0.498 e. The molecule has 0 heterocycles. The van der Waals surface area contributed by atoms with E-state index >= 15 is 0 Å². The zero-order valence-electron chi connectivity index (χ0n) is 14.6. The van der Waals surface area contributed by atoms with Crippen molar-refractivity contribution in [2.45, 2.75) is 110 Å². The van der Waals surface area contributed by atoms with Crippen LogP contribution in [0.1, 0.15) is 110 Å². The second kappa shape index (κ2) is 19.5. The van der Waals surface area contributed by atoms with Crippen LogP contribution >= 0.6 is 0 Å². The maximum atomic E-state index is 4.64. The maximum absolute atomic E-state index is 4.64. The number of allylic oxidation sites excluding steroid dienone is 1. The van der Waals surface area contributed by atoms with Crippen LogP contribution in [0.15, 0.2) is 12.3 Å². The summed E-state index contributed by atoms with van der Waals surface area (Å²) in [5, 5.41) is 0. The fraction of sp³-hybridized carbons (Fsp3) is 0.850. The van der Waals surface area contributed by atoms with Crippen LogP contribution in [-0.4, -0.2) is 0 Å². The summed E-state index contributed by atoms with van der Waals surface area (Å²) in [6.07, 6.45) is 26.3. The lowest BCUT2D eigenvalue weighted by molar-refractivity contribution is 0.391. The SMILES string of the molecule is [CH2]O/C=C/CCCCCCCCCCCCCCCCC. The van der Waals surface area contributed by atoms with Gasteiger partial charge < -0.3 is 4.74 Å². The predicted octanol–water partition coefficient (Wildman–Crippen LogP) is 7.57. The van der Waals surface area contributed by atoms with Gasteiger partial charge in [0.25, 0.3) is 0 Å². The van der Waals surface area contributed by atoms with E-state index in [-0.39, 0.29) is 0 Å². The van der Waals surface area contributed by atoms with Crippen molar-refractivity contribution in [3.63, 3.8) is 0 Å². The number of ether oxygens (including phenoxy) is 1. The molecule has 21 heavy (non-hydrogen) atoms. The topological polar surface area (TPSA) is 9.23 Å². The third-order valence-corrected chi connectivity index (χ3v) is 4.17. The van der Waals surface area contributed by atoms with Crippen molar-refractivity contribution in [1.82, 2.24) is 0 Å². The van der Waals surface area contributed by atoms with Gasteiger partial charge in [-0.05, 0) is 18.9 Å². The van der Waals surface area contributed by atoms with Gasteiger partial charge in [-0.2, -0.15) is 0 Å². The van der Waals surface area contributed by atoms with Gasteiger partial charge in [-0.25, -0.2) is 0 Å². The first-order chi connectivity index (χ1) is 10.4. The van der Waals surface area contributed by atoms with Crippen LogP contribution in [0.4, 0.5) is 0 Å². The summed E-state index contributed by atoms with van der Waals surface area (Å²) in [7, 11) is 3.31. The van der Waals surface area contributed by atoms with Gasteiger partial charge in [0.15, 0.2) is 0 Å². The highest BCUT2D eigenvalue weighted by molar-refractivity contribution is 4.72. The highest BCUT2D eigenvalue weighted by Crippen LogP contribution is 2.13. The van der Waals surface area contributed by atoms with Gasteiger partial charge in [0, 0.05) is 0 Å². The average molecular weight is 296 g/mol. The van der Waals surface area contributed by atoms with Crippen LogP contribution in [0.25, 0.3) is 0 Å². The molecule has 0 saturated carbocycles. The van der Waals surface area contributed by atoms with E-state index in [0.29, 0.717) is 0 Å². The lowest BCUT2D eigenvalue weighted by Crippen LogP contribution is -1.83. The van der Waals surface area contributed by atoms with Crippen molar-refractivity contribution < 1.29 is 4.74 Å². The number of unbranched alkanes of at least 4 members (excludes halogenated alkanes) is 15. The summed E-state index contributed by atoms with van der Waals surface area (Å²) in [4.78, 5) is 0. The van der Waals surface area contributed by atoms with Crippen LogP contribution in [0, 0.1) is 7.11 Å². The Morgan fingerprint density at radius 1 is 0.619 bits per heavy atom. The van der Waals surface area contributed by atoms with Crippen molar-refractivity contribution in [3.8, 4) is 0 Å². The first kappa shape index (κ1) is 20.5. The molecule has 0 unspecified atom stereocenters. The van der Waals surface area contributed by atoms with Gasteiger partial charge in [-0.3, -0.25) is 0 Å². The molecule has 1 radical (unpaired) electrons. The standard InChI is InChI=1S/C20H39O/c1-3-4-5-6-7-8-9-10-11-12-13-14-15-16-17-18-19-20-21-2/h19-20H,2-18H2,1H3/b20-19+. The summed E-state index contributed by atoms with van der Waals surface area (Å²) in [5.41, 5.74) is 0. The predicted molar refractivity (Wildman–Crippen MR) is 95.1 cm³/mol. The molecule has 0 aliphatic rings. The van der Waals surface area contributed by atoms with Gasteiger partial charge in [0.05, 0.1) is 6.26 Å². The Hall–Kier alpha value is -0.460.